The van der Waals surface area contributed by atoms with Crippen LogP contribution >= 0.6 is 0 Å². The van der Waals surface area contributed by atoms with Gasteiger partial charge in [-0.3, -0.25) is 0 Å². The molecule has 6 heteroatoms. The van der Waals surface area contributed by atoms with E-state index < -0.39 is 24.0 Å². The van der Waals surface area contributed by atoms with Gasteiger partial charge in [0, 0.05) is 6.42 Å². The molecule has 0 amide bonds. The minimum Gasteiger partial charge on any atom is -0.344 e. The van der Waals surface area contributed by atoms with Crippen molar-refractivity contribution in [2.75, 3.05) is 0 Å². The summed E-state index contributed by atoms with van der Waals surface area (Å²) in [7, 11) is 0. The Kier molecular flexibility index (Phi) is 1.90. The van der Waals surface area contributed by atoms with Gasteiger partial charge >= 0.3 is 6.18 Å². The van der Waals surface area contributed by atoms with E-state index in [1.54, 1.807) is 0 Å². The molecule has 0 unspecified atom stereocenters. The monoisotopic (exact) mass is 186 g/mol. The van der Waals surface area contributed by atoms with Crippen molar-refractivity contribution in [2.45, 2.75) is 31.4 Å². The molecule has 3 nitrogen and oxygen atoms in total. The maximum Gasteiger partial charge on any atom is 0.394 e. The Labute approximate surface area is 66.4 Å². The Balaban J connectivity index is 2.63. The average Bonchev–Trinajstić information content (AvgIpc) is 2.39. The van der Waals surface area contributed by atoms with Gasteiger partial charge in [0.25, 0.3) is 5.97 Å². The largest absolute Gasteiger partial charge is 0.394 e. The molecule has 0 radical (unpaired) electrons. The van der Waals surface area contributed by atoms with Crippen LogP contribution in [-0.2, 0) is 0 Å². The molecular formula is C6H9F3O3. The third-order valence-corrected chi connectivity index (χ3v) is 2.03. The molecule has 72 valence electrons. The SMILES string of the molecule is OC(O)(O)CC1(C(F)(F)F)CC1. The van der Waals surface area contributed by atoms with Crippen LogP contribution in [0.1, 0.15) is 19.3 Å². The van der Waals surface area contributed by atoms with Crippen molar-refractivity contribution in [1.29, 1.82) is 0 Å². The van der Waals surface area contributed by atoms with Gasteiger partial charge in [0.1, 0.15) is 0 Å². The third-order valence-electron chi connectivity index (χ3n) is 2.03. The first kappa shape index (κ1) is 9.76. The quantitative estimate of drug-likeness (QED) is 0.545. The fourth-order valence-electron chi connectivity index (χ4n) is 1.17. The molecule has 0 aromatic carbocycles. The Hall–Kier alpha value is -0.330. The van der Waals surface area contributed by atoms with Crippen LogP contribution in [0.2, 0.25) is 0 Å². The van der Waals surface area contributed by atoms with E-state index in [1.807, 2.05) is 0 Å². The van der Waals surface area contributed by atoms with Crippen LogP contribution in [0.3, 0.4) is 0 Å². The topological polar surface area (TPSA) is 60.7 Å². The van der Waals surface area contributed by atoms with E-state index in [0.717, 1.165) is 0 Å². The van der Waals surface area contributed by atoms with Crippen molar-refractivity contribution < 1.29 is 28.5 Å². The van der Waals surface area contributed by atoms with Crippen molar-refractivity contribution in [1.82, 2.24) is 0 Å². The average molecular weight is 186 g/mol. The minimum atomic E-state index is -4.47. The van der Waals surface area contributed by atoms with Crippen molar-refractivity contribution >= 4 is 0 Å². The van der Waals surface area contributed by atoms with Crippen LogP contribution in [0.4, 0.5) is 13.2 Å². The predicted octanol–water partition coefficient (Wildman–Crippen LogP) is 0.350. The highest BCUT2D eigenvalue weighted by molar-refractivity contribution is 5.00. The standard InChI is InChI=1S/C6H9F3O3/c7-6(8,9)4(1-2-4)3-5(10,11)12/h10-12H,1-3H2. The maximum atomic E-state index is 12.1. The van der Waals surface area contributed by atoms with Crippen LogP contribution in [0, 0.1) is 5.41 Å². The Morgan fingerprint density at radius 2 is 1.50 bits per heavy atom. The van der Waals surface area contributed by atoms with Crippen molar-refractivity contribution in [3.63, 3.8) is 0 Å². The van der Waals surface area contributed by atoms with Gasteiger partial charge in [-0.15, -0.1) is 0 Å². The second-order valence-corrected chi connectivity index (χ2v) is 3.23. The molecule has 1 aliphatic rings. The van der Waals surface area contributed by atoms with Crippen LogP contribution in [0.5, 0.6) is 0 Å². The molecule has 12 heavy (non-hydrogen) atoms. The number of rotatable bonds is 2. The Morgan fingerprint density at radius 1 is 1.08 bits per heavy atom. The molecule has 0 aromatic rings. The number of hydrogen-bond donors (Lipinski definition) is 3. The zero-order valence-electron chi connectivity index (χ0n) is 6.10. The van der Waals surface area contributed by atoms with Gasteiger partial charge in [-0.25, -0.2) is 0 Å². The van der Waals surface area contributed by atoms with E-state index >= 15 is 0 Å². The lowest BCUT2D eigenvalue weighted by atomic mass is 10.0. The number of halogens is 3. The predicted molar refractivity (Wildman–Crippen MR) is 31.7 cm³/mol. The third kappa shape index (κ3) is 1.88. The summed E-state index contributed by atoms with van der Waals surface area (Å²) in [4.78, 5) is 0. The fourth-order valence-corrected chi connectivity index (χ4v) is 1.17. The van der Waals surface area contributed by atoms with Gasteiger partial charge in [-0.2, -0.15) is 13.2 Å². The zero-order chi connectivity index (χ0) is 9.62. The number of hydrogen-bond acceptors (Lipinski definition) is 3. The summed E-state index contributed by atoms with van der Waals surface area (Å²) in [5.41, 5.74) is -2.08. The summed E-state index contributed by atoms with van der Waals surface area (Å²) in [5.74, 6) is -3.22. The molecule has 0 atom stereocenters. The summed E-state index contributed by atoms with van der Waals surface area (Å²) in [6.07, 6.45) is -5.84. The summed E-state index contributed by atoms with van der Waals surface area (Å²) < 4.78 is 36.3. The van der Waals surface area contributed by atoms with Crippen molar-refractivity contribution in [3.8, 4) is 0 Å². The lowest BCUT2D eigenvalue weighted by Crippen LogP contribution is -2.37. The van der Waals surface area contributed by atoms with Gasteiger partial charge < -0.3 is 15.3 Å². The molecule has 0 saturated heterocycles. The fraction of sp³-hybridized carbons (Fsp3) is 1.00. The summed E-state index contributed by atoms with van der Waals surface area (Å²) in [6.45, 7) is 0. The van der Waals surface area contributed by atoms with Crippen LogP contribution in [0.25, 0.3) is 0 Å². The van der Waals surface area contributed by atoms with Crippen LogP contribution < -0.4 is 0 Å². The molecule has 3 N–H and O–H groups in total. The Morgan fingerprint density at radius 3 is 1.58 bits per heavy atom. The van der Waals surface area contributed by atoms with Crippen LogP contribution in [0.15, 0.2) is 0 Å². The highest BCUT2D eigenvalue weighted by Gasteiger charge is 2.65. The molecule has 0 aromatic heterocycles. The summed E-state index contributed by atoms with van der Waals surface area (Å²) in [5, 5.41) is 25.1. The summed E-state index contributed by atoms with van der Waals surface area (Å²) >= 11 is 0. The van der Waals surface area contributed by atoms with Gasteiger partial charge in [0.05, 0.1) is 5.41 Å². The molecule has 1 rings (SSSR count). The van der Waals surface area contributed by atoms with Crippen LogP contribution in [-0.4, -0.2) is 27.5 Å². The number of aliphatic hydroxyl groups is 3. The zero-order valence-corrected chi connectivity index (χ0v) is 6.10. The Bertz CT molecular complexity index is 177. The highest BCUT2D eigenvalue weighted by Crippen LogP contribution is 2.61. The van der Waals surface area contributed by atoms with Crippen molar-refractivity contribution in [3.05, 3.63) is 0 Å². The van der Waals surface area contributed by atoms with E-state index in [2.05, 4.69) is 0 Å². The molecular weight excluding hydrogens is 177 g/mol. The summed E-state index contributed by atoms with van der Waals surface area (Å²) in [6, 6.07) is 0. The first-order valence-corrected chi connectivity index (χ1v) is 3.40. The van der Waals surface area contributed by atoms with Gasteiger partial charge in [-0.1, -0.05) is 0 Å². The maximum absolute atomic E-state index is 12.1. The smallest absolute Gasteiger partial charge is 0.344 e. The molecule has 0 heterocycles. The minimum absolute atomic E-state index is 0.153. The van der Waals surface area contributed by atoms with E-state index in [0.29, 0.717) is 0 Å². The van der Waals surface area contributed by atoms with E-state index in [9.17, 15) is 13.2 Å². The second kappa shape index (κ2) is 2.34. The second-order valence-electron chi connectivity index (χ2n) is 3.23. The molecule has 0 aliphatic heterocycles. The van der Waals surface area contributed by atoms with E-state index in [-0.39, 0.29) is 12.8 Å². The molecule has 1 fully saturated rings. The lowest BCUT2D eigenvalue weighted by molar-refractivity contribution is -0.338. The molecule has 0 spiro atoms. The van der Waals surface area contributed by atoms with E-state index in [1.165, 1.54) is 0 Å². The first-order chi connectivity index (χ1) is 5.16. The van der Waals surface area contributed by atoms with Gasteiger partial charge in [0.15, 0.2) is 0 Å². The molecule has 1 saturated carbocycles. The van der Waals surface area contributed by atoms with Gasteiger partial charge in [-0.05, 0) is 12.8 Å². The first-order valence-electron chi connectivity index (χ1n) is 3.40. The van der Waals surface area contributed by atoms with E-state index in [4.69, 9.17) is 15.3 Å². The lowest BCUT2D eigenvalue weighted by Gasteiger charge is -2.23. The number of alkyl halides is 3. The normalized spacial score (nSPS) is 22.5. The molecule has 1 aliphatic carbocycles. The van der Waals surface area contributed by atoms with Gasteiger partial charge in [0.2, 0.25) is 0 Å². The van der Waals surface area contributed by atoms with Crippen molar-refractivity contribution in [2.24, 2.45) is 5.41 Å². The highest BCUT2D eigenvalue weighted by atomic mass is 19.4. The molecule has 0 bridgehead atoms.